The standard InChI is InChI=1S/C17H22N2O4/c1-18-15(20)11-17(23-18)7-9-19(10-8-17)16(21)13-22-12-14-5-3-2-4-6-14/h2-6H,7-13H2,1H3. The van der Waals surface area contributed by atoms with Gasteiger partial charge in [0.25, 0.3) is 0 Å². The SMILES string of the molecule is CN1OC2(CCN(C(=O)COCc3ccccc3)CC2)CC1=O. The fraction of sp³-hybridized carbons (Fsp3) is 0.529. The van der Waals surface area contributed by atoms with Gasteiger partial charge in [-0.05, 0) is 18.4 Å². The van der Waals surface area contributed by atoms with Crippen LogP contribution >= 0.6 is 0 Å². The number of ether oxygens (including phenoxy) is 1. The summed E-state index contributed by atoms with van der Waals surface area (Å²) in [5, 5.41) is 1.32. The van der Waals surface area contributed by atoms with E-state index >= 15 is 0 Å². The molecule has 2 saturated heterocycles. The molecule has 2 heterocycles. The third kappa shape index (κ3) is 3.71. The van der Waals surface area contributed by atoms with Crippen LogP contribution in [0.25, 0.3) is 0 Å². The van der Waals surface area contributed by atoms with Gasteiger partial charge in [-0.1, -0.05) is 30.3 Å². The third-order valence-electron chi connectivity index (χ3n) is 4.52. The Bertz CT molecular complexity index is 567. The molecule has 0 N–H and O–H groups in total. The van der Waals surface area contributed by atoms with Crippen LogP contribution in [0.15, 0.2) is 30.3 Å². The van der Waals surface area contributed by atoms with E-state index in [2.05, 4.69) is 0 Å². The molecule has 0 radical (unpaired) electrons. The molecule has 6 nitrogen and oxygen atoms in total. The van der Waals surface area contributed by atoms with Gasteiger partial charge in [0.1, 0.15) is 12.2 Å². The topological polar surface area (TPSA) is 59.1 Å². The van der Waals surface area contributed by atoms with E-state index in [1.807, 2.05) is 30.3 Å². The van der Waals surface area contributed by atoms with Crippen molar-refractivity contribution in [2.75, 3.05) is 26.7 Å². The first-order chi connectivity index (χ1) is 11.1. The van der Waals surface area contributed by atoms with Crippen LogP contribution in [0.2, 0.25) is 0 Å². The molecular formula is C17H22N2O4. The predicted octanol–water partition coefficient (Wildman–Crippen LogP) is 1.36. The van der Waals surface area contributed by atoms with E-state index in [1.54, 1.807) is 11.9 Å². The number of benzene rings is 1. The van der Waals surface area contributed by atoms with Crippen LogP contribution in [0.4, 0.5) is 0 Å². The van der Waals surface area contributed by atoms with Gasteiger partial charge in [-0.15, -0.1) is 0 Å². The minimum absolute atomic E-state index is 0.00606. The fourth-order valence-electron chi connectivity index (χ4n) is 3.11. The van der Waals surface area contributed by atoms with Crippen LogP contribution < -0.4 is 0 Å². The molecule has 6 heteroatoms. The summed E-state index contributed by atoms with van der Waals surface area (Å²) in [6.45, 7) is 1.73. The van der Waals surface area contributed by atoms with Gasteiger partial charge >= 0.3 is 0 Å². The normalized spacial score (nSPS) is 20.3. The van der Waals surface area contributed by atoms with Crippen molar-refractivity contribution >= 4 is 11.8 Å². The van der Waals surface area contributed by atoms with Crippen LogP contribution in [-0.2, 0) is 25.8 Å². The summed E-state index contributed by atoms with van der Waals surface area (Å²) in [6, 6.07) is 9.79. The molecule has 0 atom stereocenters. The molecule has 0 unspecified atom stereocenters. The van der Waals surface area contributed by atoms with Crippen LogP contribution in [-0.4, -0.2) is 54.1 Å². The highest BCUT2D eigenvalue weighted by molar-refractivity contribution is 5.79. The number of hydrogen-bond donors (Lipinski definition) is 0. The molecule has 0 bridgehead atoms. The Kier molecular flexibility index (Phi) is 4.63. The molecule has 2 aliphatic heterocycles. The Labute approximate surface area is 135 Å². The van der Waals surface area contributed by atoms with E-state index in [0.717, 1.165) is 5.56 Å². The Balaban J connectivity index is 1.43. The van der Waals surface area contributed by atoms with Gasteiger partial charge in [0.2, 0.25) is 11.8 Å². The molecule has 3 rings (SSSR count). The second-order valence-electron chi connectivity index (χ2n) is 6.20. The van der Waals surface area contributed by atoms with Crippen LogP contribution in [0.1, 0.15) is 24.8 Å². The number of carbonyl (C=O) groups excluding carboxylic acids is 2. The molecule has 1 aromatic rings. The van der Waals surface area contributed by atoms with E-state index in [9.17, 15) is 9.59 Å². The summed E-state index contributed by atoms with van der Waals surface area (Å²) >= 11 is 0. The summed E-state index contributed by atoms with van der Waals surface area (Å²) in [5.41, 5.74) is 0.645. The molecule has 0 aromatic heterocycles. The lowest BCUT2D eigenvalue weighted by atomic mass is 9.88. The first-order valence-corrected chi connectivity index (χ1v) is 7.93. The highest BCUT2D eigenvalue weighted by atomic mass is 16.7. The van der Waals surface area contributed by atoms with Crippen molar-refractivity contribution in [1.82, 2.24) is 9.96 Å². The van der Waals surface area contributed by atoms with Gasteiger partial charge < -0.3 is 9.64 Å². The van der Waals surface area contributed by atoms with E-state index in [4.69, 9.17) is 9.57 Å². The number of carbonyl (C=O) groups is 2. The van der Waals surface area contributed by atoms with E-state index in [-0.39, 0.29) is 18.4 Å². The smallest absolute Gasteiger partial charge is 0.248 e. The molecule has 2 amide bonds. The number of hydroxylamine groups is 2. The van der Waals surface area contributed by atoms with Crippen molar-refractivity contribution in [1.29, 1.82) is 0 Å². The zero-order valence-corrected chi connectivity index (χ0v) is 13.4. The predicted molar refractivity (Wildman–Crippen MR) is 83.1 cm³/mol. The molecule has 2 fully saturated rings. The maximum absolute atomic E-state index is 12.2. The Hall–Kier alpha value is -1.92. The maximum Gasteiger partial charge on any atom is 0.248 e. The largest absolute Gasteiger partial charge is 0.367 e. The number of piperidine rings is 1. The number of likely N-dealkylation sites (tertiary alicyclic amines) is 1. The fourth-order valence-corrected chi connectivity index (χ4v) is 3.11. The minimum Gasteiger partial charge on any atom is -0.367 e. The van der Waals surface area contributed by atoms with Crippen molar-refractivity contribution in [3.05, 3.63) is 35.9 Å². The lowest BCUT2D eigenvalue weighted by Gasteiger charge is -2.37. The van der Waals surface area contributed by atoms with Crippen molar-refractivity contribution < 1.29 is 19.2 Å². The van der Waals surface area contributed by atoms with Crippen LogP contribution in [0.5, 0.6) is 0 Å². The van der Waals surface area contributed by atoms with E-state index in [1.165, 1.54) is 5.06 Å². The lowest BCUT2D eigenvalue weighted by molar-refractivity contribution is -0.200. The quantitative estimate of drug-likeness (QED) is 0.841. The molecule has 23 heavy (non-hydrogen) atoms. The molecule has 0 aliphatic carbocycles. The number of hydrogen-bond acceptors (Lipinski definition) is 4. The average molecular weight is 318 g/mol. The highest BCUT2D eigenvalue weighted by Gasteiger charge is 2.46. The second-order valence-corrected chi connectivity index (χ2v) is 6.20. The molecule has 124 valence electrons. The third-order valence-corrected chi connectivity index (χ3v) is 4.52. The number of amides is 2. The molecule has 1 spiro atoms. The number of nitrogens with zero attached hydrogens (tertiary/aromatic N) is 2. The Morgan fingerprint density at radius 3 is 2.57 bits per heavy atom. The zero-order valence-electron chi connectivity index (χ0n) is 13.4. The van der Waals surface area contributed by atoms with E-state index in [0.29, 0.717) is 39.0 Å². The number of rotatable bonds is 4. The van der Waals surface area contributed by atoms with Gasteiger partial charge in [-0.3, -0.25) is 14.4 Å². The van der Waals surface area contributed by atoms with Gasteiger partial charge in [0.05, 0.1) is 13.0 Å². The molecular weight excluding hydrogens is 296 g/mol. The summed E-state index contributed by atoms with van der Waals surface area (Å²) in [5.74, 6) is 0.00410. The lowest BCUT2D eigenvalue weighted by Crippen LogP contribution is -2.47. The first kappa shape index (κ1) is 16.0. The Morgan fingerprint density at radius 1 is 1.26 bits per heavy atom. The van der Waals surface area contributed by atoms with E-state index < -0.39 is 5.60 Å². The van der Waals surface area contributed by atoms with Gasteiger partial charge in [0, 0.05) is 20.1 Å². The average Bonchev–Trinajstić information content (AvgIpc) is 2.83. The van der Waals surface area contributed by atoms with Crippen molar-refractivity contribution in [2.45, 2.75) is 31.5 Å². The van der Waals surface area contributed by atoms with Crippen molar-refractivity contribution in [2.24, 2.45) is 0 Å². The highest BCUT2D eigenvalue weighted by Crippen LogP contribution is 2.35. The van der Waals surface area contributed by atoms with Crippen molar-refractivity contribution in [3.8, 4) is 0 Å². The summed E-state index contributed by atoms with van der Waals surface area (Å²) in [7, 11) is 1.64. The zero-order chi connectivity index (χ0) is 16.3. The molecule has 0 saturated carbocycles. The summed E-state index contributed by atoms with van der Waals surface area (Å²) in [4.78, 5) is 31.3. The van der Waals surface area contributed by atoms with Crippen LogP contribution in [0, 0.1) is 0 Å². The minimum atomic E-state index is -0.409. The maximum atomic E-state index is 12.2. The van der Waals surface area contributed by atoms with Gasteiger partial charge in [-0.25, -0.2) is 5.06 Å². The molecule has 1 aromatic carbocycles. The Morgan fingerprint density at radius 2 is 1.96 bits per heavy atom. The van der Waals surface area contributed by atoms with Crippen LogP contribution in [0.3, 0.4) is 0 Å². The first-order valence-electron chi connectivity index (χ1n) is 7.93. The van der Waals surface area contributed by atoms with Gasteiger partial charge in [0.15, 0.2) is 0 Å². The second kappa shape index (κ2) is 6.68. The molecule has 2 aliphatic rings. The van der Waals surface area contributed by atoms with Crippen molar-refractivity contribution in [3.63, 3.8) is 0 Å². The van der Waals surface area contributed by atoms with Gasteiger partial charge in [-0.2, -0.15) is 0 Å². The monoisotopic (exact) mass is 318 g/mol. The summed E-state index contributed by atoms with van der Waals surface area (Å²) < 4.78 is 5.50. The summed E-state index contributed by atoms with van der Waals surface area (Å²) in [6.07, 6.45) is 1.79.